The second-order valence-electron chi connectivity index (χ2n) is 6.68. The highest BCUT2D eigenvalue weighted by Gasteiger charge is 2.43. The summed E-state index contributed by atoms with van der Waals surface area (Å²) in [6.45, 7) is 0. The van der Waals surface area contributed by atoms with Gasteiger partial charge < -0.3 is 13.9 Å². The van der Waals surface area contributed by atoms with Crippen molar-refractivity contribution in [2.24, 2.45) is 5.10 Å². The zero-order chi connectivity index (χ0) is 19.3. The van der Waals surface area contributed by atoms with E-state index < -0.39 is 6.23 Å². The van der Waals surface area contributed by atoms with Crippen LogP contribution >= 0.6 is 15.9 Å². The van der Waals surface area contributed by atoms with E-state index in [-0.39, 0.29) is 11.9 Å². The number of hydrogen-bond acceptors (Lipinski definition) is 5. The predicted molar refractivity (Wildman–Crippen MR) is 105 cm³/mol. The Kier molecular flexibility index (Phi) is 4.12. The van der Waals surface area contributed by atoms with Crippen LogP contribution in [-0.2, 0) is 0 Å². The van der Waals surface area contributed by atoms with E-state index in [1.54, 1.807) is 19.4 Å². The number of ether oxygens (including phenoxy) is 2. The molecule has 2 atom stereocenters. The second kappa shape index (κ2) is 6.67. The van der Waals surface area contributed by atoms with Gasteiger partial charge in [0.05, 0.1) is 19.4 Å². The van der Waals surface area contributed by atoms with Crippen LogP contribution in [0.3, 0.4) is 0 Å². The molecule has 0 amide bonds. The Balaban J connectivity index is 1.66. The SMILES string of the molecule is COc1cc(Br)cc2c1O[C@@H](c1cccc(F)c1)N1N=C(c3ccco3)C[C@@H]21. The number of rotatable bonds is 3. The fourth-order valence-corrected chi connectivity index (χ4v) is 4.20. The van der Waals surface area contributed by atoms with E-state index in [0.717, 1.165) is 21.5 Å². The lowest BCUT2D eigenvalue weighted by atomic mass is 9.97. The lowest BCUT2D eigenvalue weighted by Gasteiger charge is -2.38. The Hall–Kier alpha value is -2.80. The molecule has 2 aromatic carbocycles. The van der Waals surface area contributed by atoms with Gasteiger partial charge in [0, 0.05) is 22.0 Å². The number of halogens is 2. The molecule has 0 spiro atoms. The minimum atomic E-state index is -0.573. The smallest absolute Gasteiger partial charge is 0.214 e. The van der Waals surface area contributed by atoms with Crippen LogP contribution in [0.2, 0.25) is 0 Å². The van der Waals surface area contributed by atoms with Gasteiger partial charge in [0.25, 0.3) is 0 Å². The summed E-state index contributed by atoms with van der Waals surface area (Å²) in [5, 5.41) is 6.65. The molecule has 0 aliphatic carbocycles. The van der Waals surface area contributed by atoms with E-state index in [0.29, 0.717) is 23.5 Å². The maximum absolute atomic E-state index is 13.9. The maximum Gasteiger partial charge on any atom is 0.214 e. The van der Waals surface area contributed by atoms with E-state index in [1.807, 2.05) is 35.3 Å². The van der Waals surface area contributed by atoms with Crippen LogP contribution in [0.15, 0.2) is 68.8 Å². The Morgan fingerprint density at radius 3 is 2.86 bits per heavy atom. The van der Waals surface area contributed by atoms with Crippen LogP contribution in [0.25, 0.3) is 0 Å². The van der Waals surface area contributed by atoms with Crippen LogP contribution < -0.4 is 9.47 Å². The molecule has 1 aromatic heterocycles. The number of furan rings is 1. The van der Waals surface area contributed by atoms with Gasteiger partial charge in [-0.05, 0) is 36.4 Å². The van der Waals surface area contributed by atoms with Gasteiger partial charge in [0.1, 0.15) is 17.3 Å². The molecule has 0 unspecified atom stereocenters. The van der Waals surface area contributed by atoms with Gasteiger partial charge in [-0.2, -0.15) is 5.10 Å². The number of nitrogens with zero attached hydrogens (tertiary/aromatic N) is 2. The van der Waals surface area contributed by atoms with Crippen molar-refractivity contribution in [3.8, 4) is 11.5 Å². The van der Waals surface area contributed by atoms with E-state index >= 15 is 0 Å². The first-order valence-corrected chi connectivity index (χ1v) is 9.62. The highest BCUT2D eigenvalue weighted by molar-refractivity contribution is 9.10. The first kappa shape index (κ1) is 17.3. The molecule has 0 bridgehead atoms. The van der Waals surface area contributed by atoms with Crippen molar-refractivity contribution >= 4 is 21.6 Å². The molecule has 7 heteroatoms. The van der Waals surface area contributed by atoms with Crippen LogP contribution in [0.4, 0.5) is 4.39 Å². The van der Waals surface area contributed by atoms with Crippen molar-refractivity contribution in [2.45, 2.75) is 18.7 Å². The minimum Gasteiger partial charge on any atom is -0.493 e. The molecular weight excluding hydrogens is 427 g/mol. The molecule has 5 rings (SSSR count). The third kappa shape index (κ3) is 2.77. The van der Waals surface area contributed by atoms with Crippen LogP contribution in [0, 0.1) is 5.82 Å². The van der Waals surface area contributed by atoms with E-state index in [4.69, 9.17) is 19.0 Å². The molecule has 0 saturated carbocycles. The molecule has 0 saturated heterocycles. The van der Waals surface area contributed by atoms with E-state index in [1.165, 1.54) is 12.1 Å². The Labute approximate surface area is 169 Å². The summed E-state index contributed by atoms with van der Waals surface area (Å²) in [5.41, 5.74) is 2.47. The summed E-state index contributed by atoms with van der Waals surface area (Å²) in [4.78, 5) is 0. The van der Waals surface area contributed by atoms with Gasteiger partial charge in [-0.15, -0.1) is 0 Å². The monoisotopic (exact) mass is 442 g/mol. The van der Waals surface area contributed by atoms with Gasteiger partial charge in [-0.1, -0.05) is 28.1 Å². The predicted octanol–water partition coefficient (Wildman–Crippen LogP) is 5.43. The van der Waals surface area contributed by atoms with Gasteiger partial charge >= 0.3 is 0 Å². The van der Waals surface area contributed by atoms with Crippen molar-refractivity contribution in [3.63, 3.8) is 0 Å². The third-order valence-electron chi connectivity index (χ3n) is 4.98. The maximum atomic E-state index is 13.9. The molecule has 2 aliphatic rings. The number of methoxy groups -OCH3 is 1. The van der Waals surface area contributed by atoms with Gasteiger partial charge in [-0.25, -0.2) is 9.40 Å². The summed E-state index contributed by atoms with van der Waals surface area (Å²) < 4.78 is 32.2. The van der Waals surface area contributed by atoms with Gasteiger partial charge in [0.2, 0.25) is 6.23 Å². The van der Waals surface area contributed by atoms with E-state index in [2.05, 4.69) is 15.9 Å². The summed E-state index contributed by atoms with van der Waals surface area (Å²) in [5.74, 6) is 1.67. The van der Waals surface area contributed by atoms with Gasteiger partial charge in [0.15, 0.2) is 11.5 Å². The summed E-state index contributed by atoms with van der Waals surface area (Å²) >= 11 is 3.54. The largest absolute Gasteiger partial charge is 0.493 e. The second-order valence-corrected chi connectivity index (χ2v) is 7.59. The zero-order valence-corrected chi connectivity index (χ0v) is 16.5. The molecule has 5 nitrogen and oxygen atoms in total. The lowest BCUT2D eigenvalue weighted by molar-refractivity contribution is -0.0211. The third-order valence-corrected chi connectivity index (χ3v) is 5.44. The quantitative estimate of drug-likeness (QED) is 0.542. The molecule has 0 radical (unpaired) electrons. The first-order chi connectivity index (χ1) is 13.6. The normalized spacial score (nSPS) is 20.2. The molecule has 2 aliphatic heterocycles. The van der Waals surface area contributed by atoms with E-state index in [9.17, 15) is 4.39 Å². The first-order valence-electron chi connectivity index (χ1n) is 8.83. The molecule has 3 heterocycles. The topological polar surface area (TPSA) is 47.2 Å². The number of hydrogen-bond donors (Lipinski definition) is 0. The summed E-state index contributed by atoms with van der Waals surface area (Å²) in [6.07, 6.45) is 1.70. The molecule has 28 heavy (non-hydrogen) atoms. The molecule has 142 valence electrons. The fourth-order valence-electron chi connectivity index (χ4n) is 3.75. The minimum absolute atomic E-state index is 0.0801. The zero-order valence-electron chi connectivity index (χ0n) is 14.9. The van der Waals surface area contributed by atoms with Crippen LogP contribution in [0.1, 0.15) is 35.6 Å². The summed E-state index contributed by atoms with van der Waals surface area (Å²) in [6, 6.07) is 13.9. The van der Waals surface area contributed by atoms with Gasteiger partial charge in [-0.3, -0.25) is 0 Å². The van der Waals surface area contributed by atoms with Crippen molar-refractivity contribution in [3.05, 3.63) is 82.0 Å². The molecule has 3 aromatic rings. The Morgan fingerprint density at radius 2 is 2.11 bits per heavy atom. The number of benzene rings is 2. The number of hydrazone groups is 1. The fraction of sp³-hybridized carbons (Fsp3) is 0.190. The van der Waals surface area contributed by atoms with Crippen LogP contribution in [0.5, 0.6) is 11.5 Å². The van der Waals surface area contributed by atoms with Crippen molar-refractivity contribution < 1.29 is 18.3 Å². The summed E-state index contributed by atoms with van der Waals surface area (Å²) in [7, 11) is 1.61. The highest BCUT2D eigenvalue weighted by atomic mass is 79.9. The van der Waals surface area contributed by atoms with Crippen LogP contribution in [-0.4, -0.2) is 17.8 Å². The average molecular weight is 443 g/mol. The standard InChI is InChI=1S/C21H16BrFN2O3/c1-26-19-10-13(22)9-15-17-11-16(18-6-3-7-27-18)24-25(17)21(28-20(15)19)12-4-2-5-14(23)8-12/h2-10,17,21H,11H2,1H3/t17-,21-/m0/s1. The molecule has 0 fully saturated rings. The highest BCUT2D eigenvalue weighted by Crippen LogP contribution is 2.51. The van der Waals surface area contributed by atoms with Crippen molar-refractivity contribution in [1.82, 2.24) is 5.01 Å². The Bertz CT molecular complexity index is 1070. The Morgan fingerprint density at radius 1 is 1.21 bits per heavy atom. The lowest BCUT2D eigenvalue weighted by Crippen LogP contribution is -2.34. The number of fused-ring (bicyclic) bond motifs is 3. The molecule has 0 N–H and O–H groups in total. The average Bonchev–Trinajstić information content (AvgIpc) is 3.36. The molecular formula is C21H16BrFN2O3. The van der Waals surface area contributed by atoms with Crippen molar-refractivity contribution in [1.29, 1.82) is 0 Å². The van der Waals surface area contributed by atoms with Crippen molar-refractivity contribution in [2.75, 3.05) is 7.11 Å².